The topological polar surface area (TPSA) is 85.1 Å². The van der Waals surface area contributed by atoms with Crippen LogP contribution in [-0.4, -0.2) is 40.0 Å². The van der Waals surface area contributed by atoms with Crippen LogP contribution in [0.2, 0.25) is 0 Å². The highest BCUT2D eigenvalue weighted by atomic mass is 32.2. The third-order valence-corrected chi connectivity index (χ3v) is 4.04. The van der Waals surface area contributed by atoms with E-state index in [9.17, 15) is 13.5 Å². The Balaban J connectivity index is 2.60. The number of sulfone groups is 1. The molecule has 1 aromatic rings. The summed E-state index contributed by atoms with van der Waals surface area (Å²) < 4.78 is 24.0. The van der Waals surface area contributed by atoms with Crippen LogP contribution in [0.1, 0.15) is 32.1 Å². The van der Waals surface area contributed by atoms with Crippen molar-refractivity contribution < 1.29 is 13.5 Å². The third kappa shape index (κ3) is 3.57. The number of aryl methyl sites for hydroxylation is 1. The summed E-state index contributed by atoms with van der Waals surface area (Å²) >= 11 is 0. The van der Waals surface area contributed by atoms with Gasteiger partial charge in [-0.1, -0.05) is 19.1 Å². The third-order valence-electron chi connectivity index (χ3n) is 2.36. The molecule has 16 heavy (non-hydrogen) atoms. The molecule has 1 unspecified atom stereocenters. The summed E-state index contributed by atoms with van der Waals surface area (Å²) in [5, 5.41) is 17.0. The van der Waals surface area contributed by atoms with E-state index in [1.54, 1.807) is 13.1 Å². The second-order valence-electron chi connectivity index (χ2n) is 3.57. The molecule has 0 radical (unpaired) electrons. The molecule has 0 aliphatic heterocycles. The predicted octanol–water partition coefficient (Wildman–Crippen LogP) is 0.156. The molecule has 1 N–H and O–H groups in total. The standard InChI is InChI=1S/C9H17N3O3S/c1-3-9(13)8-7-12(11-10-8)5-6-16(14,15)4-2/h7,9,13H,3-6H2,1-2H3. The zero-order valence-electron chi connectivity index (χ0n) is 9.50. The Morgan fingerprint density at radius 1 is 1.50 bits per heavy atom. The Bertz CT molecular complexity index is 427. The van der Waals surface area contributed by atoms with Crippen molar-refractivity contribution in [2.75, 3.05) is 11.5 Å². The average molecular weight is 247 g/mol. The van der Waals surface area contributed by atoms with Gasteiger partial charge in [0.2, 0.25) is 0 Å². The van der Waals surface area contributed by atoms with Gasteiger partial charge in [0.05, 0.1) is 24.6 Å². The first-order chi connectivity index (χ1) is 7.48. The molecule has 0 aromatic carbocycles. The number of rotatable bonds is 6. The minimum atomic E-state index is -2.99. The van der Waals surface area contributed by atoms with Gasteiger partial charge in [-0.05, 0) is 6.42 Å². The maximum Gasteiger partial charge on any atom is 0.151 e. The quantitative estimate of drug-likeness (QED) is 0.773. The molecular weight excluding hydrogens is 230 g/mol. The smallest absolute Gasteiger partial charge is 0.151 e. The molecule has 0 aliphatic carbocycles. The van der Waals surface area contributed by atoms with E-state index in [4.69, 9.17) is 0 Å². The molecule has 1 heterocycles. The normalized spacial score (nSPS) is 13.9. The lowest BCUT2D eigenvalue weighted by molar-refractivity contribution is 0.168. The fraction of sp³-hybridized carbons (Fsp3) is 0.778. The van der Waals surface area contributed by atoms with Crippen LogP contribution < -0.4 is 0 Å². The molecular formula is C9H17N3O3S. The van der Waals surface area contributed by atoms with Gasteiger partial charge in [-0.25, -0.2) is 8.42 Å². The van der Waals surface area contributed by atoms with Gasteiger partial charge in [-0.2, -0.15) is 0 Å². The monoisotopic (exact) mass is 247 g/mol. The van der Waals surface area contributed by atoms with E-state index in [2.05, 4.69) is 10.3 Å². The van der Waals surface area contributed by atoms with Crippen molar-refractivity contribution >= 4 is 9.84 Å². The zero-order chi connectivity index (χ0) is 12.2. The van der Waals surface area contributed by atoms with Crippen LogP contribution in [0, 0.1) is 0 Å². The lowest BCUT2D eigenvalue weighted by atomic mass is 10.2. The van der Waals surface area contributed by atoms with Gasteiger partial charge in [-0.15, -0.1) is 5.10 Å². The maximum atomic E-state index is 11.3. The molecule has 6 nitrogen and oxygen atoms in total. The van der Waals surface area contributed by atoms with Crippen molar-refractivity contribution in [3.05, 3.63) is 11.9 Å². The Hall–Kier alpha value is -0.950. The molecule has 1 aromatic heterocycles. The van der Waals surface area contributed by atoms with Crippen LogP contribution in [0.15, 0.2) is 6.20 Å². The number of hydrogen-bond acceptors (Lipinski definition) is 5. The Morgan fingerprint density at radius 2 is 2.19 bits per heavy atom. The lowest BCUT2D eigenvalue weighted by Crippen LogP contribution is -2.14. The second kappa shape index (κ2) is 5.40. The van der Waals surface area contributed by atoms with Crippen LogP contribution in [0.3, 0.4) is 0 Å². The number of aliphatic hydroxyl groups excluding tert-OH is 1. The molecule has 7 heteroatoms. The Morgan fingerprint density at radius 3 is 2.75 bits per heavy atom. The fourth-order valence-electron chi connectivity index (χ4n) is 1.16. The van der Waals surface area contributed by atoms with E-state index in [1.165, 1.54) is 4.68 Å². The number of hydrogen-bond donors (Lipinski definition) is 1. The van der Waals surface area contributed by atoms with Crippen molar-refractivity contribution in [3.8, 4) is 0 Å². The molecule has 0 amide bonds. The summed E-state index contributed by atoms with van der Waals surface area (Å²) in [7, 11) is -2.99. The van der Waals surface area contributed by atoms with E-state index in [1.807, 2.05) is 6.92 Å². The second-order valence-corrected chi connectivity index (χ2v) is 6.04. The first-order valence-electron chi connectivity index (χ1n) is 5.27. The molecule has 92 valence electrons. The van der Waals surface area contributed by atoms with E-state index in [0.717, 1.165) is 0 Å². The van der Waals surface area contributed by atoms with E-state index in [0.29, 0.717) is 12.1 Å². The largest absolute Gasteiger partial charge is 0.387 e. The van der Waals surface area contributed by atoms with Gasteiger partial charge in [0.25, 0.3) is 0 Å². The van der Waals surface area contributed by atoms with Crippen LogP contribution in [0.25, 0.3) is 0 Å². The molecule has 0 fully saturated rings. The van der Waals surface area contributed by atoms with Gasteiger partial charge >= 0.3 is 0 Å². The highest BCUT2D eigenvalue weighted by Crippen LogP contribution is 2.11. The SMILES string of the molecule is CCC(O)c1cn(CCS(=O)(=O)CC)nn1. The highest BCUT2D eigenvalue weighted by molar-refractivity contribution is 7.91. The van der Waals surface area contributed by atoms with Gasteiger partial charge in [0, 0.05) is 5.75 Å². The average Bonchev–Trinajstić information content (AvgIpc) is 2.74. The van der Waals surface area contributed by atoms with Crippen LogP contribution in [0.5, 0.6) is 0 Å². The van der Waals surface area contributed by atoms with Crippen molar-refractivity contribution in [1.82, 2.24) is 15.0 Å². The summed E-state index contributed by atoms with van der Waals surface area (Å²) in [5.41, 5.74) is 0.483. The van der Waals surface area contributed by atoms with E-state index >= 15 is 0 Å². The molecule has 0 bridgehead atoms. The van der Waals surface area contributed by atoms with E-state index < -0.39 is 15.9 Å². The van der Waals surface area contributed by atoms with Crippen molar-refractivity contribution in [3.63, 3.8) is 0 Å². The number of nitrogens with zero attached hydrogens (tertiary/aromatic N) is 3. The maximum absolute atomic E-state index is 11.3. The summed E-state index contributed by atoms with van der Waals surface area (Å²) in [6.07, 6.45) is 1.52. The predicted molar refractivity (Wildman–Crippen MR) is 59.6 cm³/mol. The van der Waals surface area contributed by atoms with Crippen molar-refractivity contribution in [2.24, 2.45) is 0 Å². The van der Waals surface area contributed by atoms with Crippen LogP contribution in [-0.2, 0) is 16.4 Å². The minimum Gasteiger partial charge on any atom is -0.387 e. The molecule has 0 aliphatic rings. The van der Waals surface area contributed by atoms with Gasteiger partial charge in [0.1, 0.15) is 5.69 Å². The Labute approximate surface area is 95.2 Å². The van der Waals surface area contributed by atoms with Gasteiger partial charge in [0.15, 0.2) is 9.84 Å². The molecule has 1 atom stereocenters. The van der Waals surface area contributed by atoms with Crippen LogP contribution >= 0.6 is 0 Å². The Kier molecular flexibility index (Phi) is 4.43. The minimum absolute atomic E-state index is 0.0501. The zero-order valence-corrected chi connectivity index (χ0v) is 10.3. The highest BCUT2D eigenvalue weighted by Gasteiger charge is 2.11. The number of aliphatic hydroxyl groups is 1. The lowest BCUT2D eigenvalue weighted by Gasteiger charge is -2.01. The molecule has 0 spiro atoms. The summed E-state index contributed by atoms with van der Waals surface area (Å²) in [6.45, 7) is 3.73. The summed E-state index contributed by atoms with van der Waals surface area (Å²) in [4.78, 5) is 0. The first-order valence-corrected chi connectivity index (χ1v) is 7.09. The van der Waals surface area contributed by atoms with Gasteiger partial charge in [-0.3, -0.25) is 4.68 Å². The van der Waals surface area contributed by atoms with E-state index in [-0.39, 0.29) is 18.1 Å². The summed E-state index contributed by atoms with van der Waals surface area (Å²) in [6, 6.07) is 0. The fourth-order valence-corrected chi connectivity index (χ4v) is 1.92. The van der Waals surface area contributed by atoms with Gasteiger partial charge < -0.3 is 5.11 Å². The number of aromatic nitrogens is 3. The molecule has 0 saturated carbocycles. The molecule has 1 rings (SSSR count). The van der Waals surface area contributed by atoms with Crippen LogP contribution in [0.4, 0.5) is 0 Å². The molecule has 0 saturated heterocycles. The van der Waals surface area contributed by atoms with Crippen molar-refractivity contribution in [2.45, 2.75) is 32.9 Å². The first kappa shape index (κ1) is 13.1. The van der Waals surface area contributed by atoms with Crippen molar-refractivity contribution in [1.29, 1.82) is 0 Å². The summed E-state index contributed by atoms with van der Waals surface area (Å²) in [5.74, 6) is 0.181.